The third kappa shape index (κ3) is 3.53. The van der Waals surface area contributed by atoms with E-state index in [0.29, 0.717) is 12.0 Å². The molecule has 1 aromatic carbocycles. The van der Waals surface area contributed by atoms with Crippen molar-refractivity contribution in [3.8, 4) is 5.75 Å². The first kappa shape index (κ1) is 13.9. The second-order valence-corrected chi connectivity index (χ2v) is 6.24. The third-order valence-electron chi connectivity index (χ3n) is 4.55. The van der Waals surface area contributed by atoms with E-state index in [2.05, 4.69) is 41.5 Å². The summed E-state index contributed by atoms with van der Waals surface area (Å²) in [6, 6.07) is 8.79. The van der Waals surface area contributed by atoms with Crippen LogP contribution in [0.1, 0.15) is 37.2 Å². The fraction of sp³-hybridized carbons (Fsp3) is 0.647. The van der Waals surface area contributed by atoms with Gasteiger partial charge in [0.1, 0.15) is 11.9 Å². The van der Waals surface area contributed by atoms with E-state index in [4.69, 9.17) is 4.74 Å². The van der Waals surface area contributed by atoms with Crippen LogP contribution in [0, 0.1) is 0 Å². The number of likely N-dealkylation sites (N-methyl/N-ethyl adjacent to an activating group) is 1. The summed E-state index contributed by atoms with van der Waals surface area (Å²) in [5.74, 6) is 1.76. The number of hydrogen-bond donors (Lipinski definition) is 1. The van der Waals surface area contributed by atoms with Crippen molar-refractivity contribution in [2.45, 2.75) is 37.7 Å². The van der Waals surface area contributed by atoms with Crippen LogP contribution in [0.2, 0.25) is 0 Å². The summed E-state index contributed by atoms with van der Waals surface area (Å²) in [5.41, 5.74) is 1.45. The molecule has 1 atom stereocenters. The molecule has 0 radical (unpaired) electrons. The Morgan fingerprint density at radius 2 is 2.05 bits per heavy atom. The molecule has 0 spiro atoms. The van der Waals surface area contributed by atoms with Crippen LogP contribution in [-0.4, -0.2) is 44.2 Å². The van der Waals surface area contributed by atoms with Gasteiger partial charge in [0.05, 0.1) is 0 Å². The molecule has 3 heteroatoms. The van der Waals surface area contributed by atoms with Crippen molar-refractivity contribution in [3.63, 3.8) is 0 Å². The Hall–Kier alpha value is -1.06. The lowest BCUT2D eigenvalue weighted by molar-refractivity contribution is 0.104. The van der Waals surface area contributed by atoms with Gasteiger partial charge in [-0.05, 0) is 76.0 Å². The molecule has 2 aliphatic rings. The molecule has 2 fully saturated rings. The Morgan fingerprint density at radius 3 is 2.85 bits per heavy atom. The maximum atomic E-state index is 6.20. The maximum Gasteiger partial charge on any atom is 0.120 e. The number of nitrogens with one attached hydrogen (secondary N) is 1. The van der Waals surface area contributed by atoms with Gasteiger partial charge in [0.25, 0.3) is 0 Å². The maximum absolute atomic E-state index is 6.20. The highest BCUT2D eigenvalue weighted by molar-refractivity contribution is 5.31. The van der Waals surface area contributed by atoms with Crippen LogP contribution in [0.15, 0.2) is 24.3 Å². The monoisotopic (exact) mass is 274 g/mol. The minimum atomic E-state index is 0.358. The molecule has 1 N–H and O–H groups in total. The third-order valence-corrected chi connectivity index (χ3v) is 4.55. The first-order valence-electron chi connectivity index (χ1n) is 7.97. The molecule has 110 valence electrons. The van der Waals surface area contributed by atoms with Gasteiger partial charge < -0.3 is 15.0 Å². The summed E-state index contributed by atoms with van der Waals surface area (Å²) in [6.45, 7) is 4.54. The van der Waals surface area contributed by atoms with Crippen molar-refractivity contribution in [3.05, 3.63) is 29.8 Å². The molecule has 2 heterocycles. The lowest BCUT2D eigenvalue weighted by atomic mass is 9.90. The molecule has 0 aromatic heterocycles. The van der Waals surface area contributed by atoms with Crippen molar-refractivity contribution in [2.24, 2.45) is 0 Å². The van der Waals surface area contributed by atoms with Gasteiger partial charge in [0.15, 0.2) is 0 Å². The Morgan fingerprint density at radius 1 is 1.20 bits per heavy atom. The van der Waals surface area contributed by atoms with Gasteiger partial charge in [-0.15, -0.1) is 0 Å². The fourth-order valence-corrected chi connectivity index (χ4v) is 3.40. The molecule has 2 aliphatic heterocycles. The first-order chi connectivity index (χ1) is 9.81. The number of benzene rings is 1. The average Bonchev–Trinajstić information content (AvgIpc) is 2.48. The van der Waals surface area contributed by atoms with Gasteiger partial charge in [-0.3, -0.25) is 0 Å². The van der Waals surface area contributed by atoms with Crippen molar-refractivity contribution in [1.29, 1.82) is 0 Å². The van der Waals surface area contributed by atoms with Crippen LogP contribution < -0.4 is 10.1 Å². The van der Waals surface area contributed by atoms with E-state index in [-0.39, 0.29) is 0 Å². The molecule has 3 nitrogen and oxygen atoms in total. The van der Waals surface area contributed by atoms with E-state index in [1.54, 1.807) is 0 Å². The zero-order valence-corrected chi connectivity index (χ0v) is 12.5. The number of hydrogen-bond acceptors (Lipinski definition) is 3. The Balaban J connectivity index is 1.64. The normalized spacial score (nSPS) is 25.6. The van der Waals surface area contributed by atoms with Gasteiger partial charge in [0, 0.05) is 6.54 Å². The first-order valence-corrected chi connectivity index (χ1v) is 7.97. The van der Waals surface area contributed by atoms with Gasteiger partial charge in [0.2, 0.25) is 0 Å². The van der Waals surface area contributed by atoms with E-state index in [1.165, 1.54) is 37.8 Å². The molecular formula is C17H26N2O. The average molecular weight is 274 g/mol. The van der Waals surface area contributed by atoms with Crippen molar-refractivity contribution >= 4 is 0 Å². The molecule has 20 heavy (non-hydrogen) atoms. The van der Waals surface area contributed by atoms with Gasteiger partial charge >= 0.3 is 0 Å². The Labute approximate surface area is 122 Å². The highest BCUT2D eigenvalue weighted by atomic mass is 16.5. The van der Waals surface area contributed by atoms with E-state index >= 15 is 0 Å². The predicted octanol–water partition coefficient (Wildman–Crippen LogP) is 2.63. The summed E-state index contributed by atoms with van der Waals surface area (Å²) < 4.78 is 6.20. The summed E-state index contributed by atoms with van der Waals surface area (Å²) in [4.78, 5) is 2.37. The molecule has 1 aromatic rings. The summed E-state index contributed by atoms with van der Waals surface area (Å²) in [7, 11) is 2.18. The Kier molecular flexibility index (Phi) is 4.58. The van der Waals surface area contributed by atoms with Crippen LogP contribution >= 0.6 is 0 Å². The zero-order valence-electron chi connectivity index (χ0n) is 12.5. The lowest BCUT2D eigenvalue weighted by Crippen LogP contribution is -2.38. The zero-order chi connectivity index (χ0) is 13.8. The minimum absolute atomic E-state index is 0.358. The predicted molar refractivity (Wildman–Crippen MR) is 82.4 cm³/mol. The van der Waals surface area contributed by atoms with E-state index in [1.807, 2.05) is 0 Å². The van der Waals surface area contributed by atoms with Crippen LogP contribution in [0.5, 0.6) is 5.75 Å². The van der Waals surface area contributed by atoms with Crippen molar-refractivity contribution in [1.82, 2.24) is 10.2 Å². The molecule has 0 aliphatic carbocycles. The van der Waals surface area contributed by atoms with Crippen LogP contribution in [-0.2, 0) is 0 Å². The number of rotatable bonds is 3. The quantitative estimate of drug-likeness (QED) is 0.917. The number of piperidine rings is 2. The largest absolute Gasteiger partial charge is 0.489 e. The molecular weight excluding hydrogens is 248 g/mol. The topological polar surface area (TPSA) is 24.5 Å². The molecule has 0 amide bonds. The highest BCUT2D eigenvalue weighted by Gasteiger charge is 2.19. The van der Waals surface area contributed by atoms with Gasteiger partial charge in [-0.2, -0.15) is 0 Å². The number of likely N-dealkylation sites (tertiary alicyclic amines) is 1. The van der Waals surface area contributed by atoms with E-state index in [9.17, 15) is 0 Å². The minimum Gasteiger partial charge on any atom is -0.489 e. The second-order valence-electron chi connectivity index (χ2n) is 6.24. The molecule has 2 saturated heterocycles. The van der Waals surface area contributed by atoms with Crippen molar-refractivity contribution < 1.29 is 4.74 Å². The molecule has 3 rings (SSSR count). The standard InChI is InChI=1S/C17H26N2O/c1-19-11-3-6-17(13-19)20-16-5-2-4-15(12-16)14-7-9-18-10-8-14/h2,4-5,12,14,17-18H,3,6-11,13H2,1H3. The molecule has 0 saturated carbocycles. The second kappa shape index (κ2) is 6.59. The van der Waals surface area contributed by atoms with Gasteiger partial charge in [-0.25, -0.2) is 0 Å². The fourth-order valence-electron chi connectivity index (χ4n) is 3.40. The SMILES string of the molecule is CN1CCCC(Oc2cccc(C3CCNCC3)c2)C1. The molecule has 1 unspecified atom stereocenters. The smallest absolute Gasteiger partial charge is 0.120 e. The summed E-state index contributed by atoms with van der Waals surface area (Å²) in [6.07, 6.45) is 5.28. The van der Waals surface area contributed by atoms with Crippen molar-refractivity contribution in [2.75, 3.05) is 33.2 Å². The van der Waals surface area contributed by atoms with E-state index < -0.39 is 0 Å². The van der Waals surface area contributed by atoms with Crippen LogP contribution in [0.3, 0.4) is 0 Å². The van der Waals surface area contributed by atoms with E-state index in [0.717, 1.165) is 25.4 Å². The van der Waals surface area contributed by atoms with Crippen LogP contribution in [0.4, 0.5) is 0 Å². The summed E-state index contributed by atoms with van der Waals surface area (Å²) in [5, 5.41) is 3.43. The lowest BCUT2D eigenvalue weighted by Gasteiger charge is -2.30. The number of nitrogens with zero attached hydrogens (tertiary/aromatic N) is 1. The Bertz CT molecular complexity index is 429. The molecule has 0 bridgehead atoms. The number of ether oxygens (including phenoxy) is 1. The summed E-state index contributed by atoms with van der Waals surface area (Å²) >= 11 is 0. The van der Waals surface area contributed by atoms with Crippen LogP contribution in [0.25, 0.3) is 0 Å². The highest BCUT2D eigenvalue weighted by Crippen LogP contribution is 2.28. The van der Waals surface area contributed by atoms with Gasteiger partial charge in [-0.1, -0.05) is 12.1 Å².